The van der Waals surface area contributed by atoms with Gasteiger partial charge in [0.05, 0.1) is 0 Å². The van der Waals surface area contributed by atoms with Crippen molar-refractivity contribution in [1.82, 2.24) is 5.32 Å². The number of nitrogens with one attached hydrogen (secondary N) is 1. The zero-order valence-corrected chi connectivity index (χ0v) is 20.6. The molecular formula is C34H26ClN. The van der Waals surface area contributed by atoms with Crippen molar-refractivity contribution in [2.24, 2.45) is 0 Å². The fourth-order valence-corrected chi connectivity index (χ4v) is 7.00. The maximum Gasteiger partial charge on any atom is 0.0496 e. The minimum absolute atomic E-state index is 0.0920. The summed E-state index contributed by atoms with van der Waals surface area (Å²) in [5.74, 6) is 0.159. The first-order valence-corrected chi connectivity index (χ1v) is 13.0. The van der Waals surface area contributed by atoms with Crippen LogP contribution in [0.25, 0.3) is 11.1 Å². The first-order chi connectivity index (χ1) is 17.8. The topological polar surface area (TPSA) is 12.0 Å². The van der Waals surface area contributed by atoms with Crippen LogP contribution in [0.2, 0.25) is 5.02 Å². The quantitative estimate of drug-likeness (QED) is 0.271. The molecule has 7 rings (SSSR count). The summed E-state index contributed by atoms with van der Waals surface area (Å²) in [6.45, 7) is 0. The number of fused-ring (bicyclic) bond motifs is 5. The van der Waals surface area contributed by atoms with E-state index in [0.29, 0.717) is 0 Å². The van der Waals surface area contributed by atoms with E-state index >= 15 is 0 Å². The van der Waals surface area contributed by atoms with E-state index in [0.717, 1.165) is 5.02 Å². The van der Waals surface area contributed by atoms with Gasteiger partial charge in [-0.3, -0.25) is 0 Å². The van der Waals surface area contributed by atoms with E-state index < -0.39 is 0 Å². The average molecular weight is 484 g/mol. The SMILES string of the molecule is Clc1ccc([C@@H]2[C@@H](c3ccccc3)N[C@@H](c3ccccc3)C23c2ccccc2-c2ccccc23)cc1. The third-order valence-electron chi connectivity index (χ3n) is 8.18. The first kappa shape index (κ1) is 21.6. The van der Waals surface area contributed by atoms with Gasteiger partial charge in [-0.1, -0.05) is 133 Å². The van der Waals surface area contributed by atoms with E-state index in [2.05, 4.69) is 127 Å². The van der Waals surface area contributed by atoms with Gasteiger partial charge in [-0.15, -0.1) is 0 Å². The predicted octanol–water partition coefficient (Wildman–Crippen LogP) is 8.48. The second-order valence-corrected chi connectivity index (χ2v) is 10.3. The van der Waals surface area contributed by atoms with Crippen molar-refractivity contribution in [3.8, 4) is 11.1 Å². The molecule has 0 amide bonds. The van der Waals surface area contributed by atoms with Crippen molar-refractivity contribution < 1.29 is 0 Å². The Balaban J connectivity index is 1.60. The van der Waals surface area contributed by atoms with Crippen LogP contribution < -0.4 is 5.32 Å². The normalized spacial score (nSPS) is 21.3. The van der Waals surface area contributed by atoms with Gasteiger partial charge in [-0.2, -0.15) is 0 Å². The fraction of sp³-hybridized carbons (Fsp3) is 0.118. The molecule has 0 saturated carbocycles. The summed E-state index contributed by atoms with van der Waals surface area (Å²) in [6, 6.07) is 48.6. The Morgan fingerprint density at radius 1 is 0.500 bits per heavy atom. The lowest BCUT2D eigenvalue weighted by Crippen LogP contribution is -2.36. The van der Waals surface area contributed by atoms with Crippen molar-refractivity contribution in [2.75, 3.05) is 0 Å². The molecule has 3 atom stereocenters. The summed E-state index contributed by atoms with van der Waals surface area (Å²) in [6.07, 6.45) is 0. The molecule has 0 bridgehead atoms. The summed E-state index contributed by atoms with van der Waals surface area (Å²) in [5, 5.41) is 4.93. The summed E-state index contributed by atoms with van der Waals surface area (Å²) < 4.78 is 0. The van der Waals surface area contributed by atoms with Gasteiger partial charge in [0.15, 0.2) is 0 Å². The minimum atomic E-state index is -0.289. The van der Waals surface area contributed by atoms with Crippen molar-refractivity contribution in [1.29, 1.82) is 0 Å². The van der Waals surface area contributed by atoms with Gasteiger partial charge in [0.1, 0.15) is 0 Å². The van der Waals surface area contributed by atoms with Crippen LogP contribution in [0, 0.1) is 0 Å². The van der Waals surface area contributed by atoms with Crippen molar-refractivity contribution in [3.63, 3.8) is 0 Å². The second-order valence-electron chi connectivity index (χ2n) is 9.89. The molecule has 5 aromatic rings. The van der Waals surface area contributed by atoms with E-state index in [9.17, 15) is 0 Å². The maximum atomic E-state index is 6.39. The monoisotopic (exact) mass is 483 g/mol. The van der Waals surface area contributed by atoms with E-state index in [1.54, 1.807) is 0 Å². The van der Waals surface area contributed by atoms with E-state index in [-0.39, 0.29) is 23.4 Å². The Bertz CT molecular complexity index is 1480. The van der Waals surface area contributed by atoms with Crippen molar-refractivity contribution >= 4 is 11.6 Å². The van der Waals surface area contributed by atoms with Gasteiger partial charge >= 0.3 is 0 Å². The molecule has 0 aromatic heterocycles. The third kappa shape index (κ3) is 3.07. The Morgan fingerprint density at radius 2 is 1.00 bits per heavy atom. The van der Waals surface area contributed by atoms with Gasteiger partial charge in [0, 0.05) is 28.4 Å². The molecule has 5 aromatic carbocycles. The molecular weight excluding hydrogens is 458 g/mol. The smallest absolute Gasteiger partial charge is 0.0496 e. The van der Waals surface area contributed by atoms with Crippen LogP contribution in [0.15, 0.2) is 133 Å². The molecule has 2 heteroatoms. The molecule has 36 heavy (non-hydrogen) atoms. The van der Waals surface area contributed by atoms with Gasteiger partial charge < -0.3 is 5.32 Å². The lowest BCUT2D eigenvalue weighted by atomic mass is 9.61. The number of benzene rings is 5. The minimum Gasteiger partial charge on any atom is -0.301 e. The second kappa shape index (κ2) is 8.48. The van der Waals surface area contributed by atoms with E-state index in [4.69, 9.17) is 11.6 Å². The summed E-state index contributed by atoms with van der Waals surface area (Å²) in [4.78, 5) is 0. The molecule has 0 unspecified atom stereocenters. The Hall–Kier alpha value is -3.65. The molecule has 1 heterocycles. The molecule has 1 N–H and O–H groups in total. The molecule has 1 saturated heterocycles. The highest BCUT2D eigenvalue weighted by atomic mass is 35.5. The van der Waals surface area contributed by atoms with Crippen LogP contribution >= 0.6 is 11.6 Å². The lowest BCUT2D eigenvalue weighted by molar-refractivity contribution is 0.420. The van der Waals surface area contributed by atoms with Gasteiger partial charge in [-0.25, -0.2) is 0 Å². The lowest BCUT2D eigenvalue weighted by Gasteiger charge is -2.40. The highest BCUT2D eigenvalue weighted by Gasteiger charge is 2.61. The third-order valence-corrected chi connectivity index (χ3v) is 8.43. The van der Waals surface area contributed by atoms with Crippen LogP contribution in [0.4, 0.5) is 0 Å². The summed E-state index contributed by atoms with van der Waals surface area (Å²) in [5.41, 5.74) is 9.08. The van der Waals surface area contributed by atoms with E-state index in [1.807, 2.05) is 12.1 Å². The number of rotatable bonds is 3. The standard InChI is InChI=1S/C34H26ClN/c35-26-21-19-23(20-22-26)31-32(24-11-3-1-4-12-24)36-33(25-13-5-2-6-14-25)34(31)29-17-9-7-15-27(29)28-16-8-10-18-30(28)34/h1-22,31-33,36H/t31-,32-,33+/m1/s1. The van der Waals surface area contributed by atoms with Crippen LogP contribution in [0.5, 0.6) is 0 Å². The highest BCUT2D eigenvalue weighted by Crippen LogP contribution is 2.67. The molecule has 174 valence electrons. The zero-order chi connectivity index (χ0) is 24.1. The Kier molecular flexibility index (Phi) is 5.09. The number of hydrogen-bond donors (Lipinski definition) is 1. The number of hydrogen-bond acceptors (Lipinski definition) is 1. The first-order valence-electron chi connectivity index (χ1n) is 12.6. The molecule has 2 aliphatic rings. The Labute approximate surface area is 217 Å². The largest absolute Gasteiger partial charge is 0.301 e. The summed E-state index contributed by atoms with van der Waals surface area (Å²) in [7, 11) is 0. The van der Waals surface area contributed by atoms with Crippen LogP contribution in [0.3, 0.4) is 0 Å². The van der Waals surface area contributed by atoms with Gasteiger partial charge in [0.25, 0.3) is 0 Å². The molecule has 1 aliphatic carbocycles. The predicted molar refractivity (Wildman–Crippen MR) is 148 cm³/mol. The van der Waals surface area contributed by atoms with E-state index in [1.165, 1.54) is 38.9 Å². The Morgan fingerprint density at radius 3 is 1.58 bits per heavy atom. The van der Waals surface area contributed by atoms with Crippen molar-refractivity contribution in [3.05, 3.63) is 166 Å². The fourth-order valence-electron chi connectivity index (χ4n) is 6.88. The van der Waals surface area contributed by atoms with Crippen molar-refractivity contribution in [2.45, 2.75) is 23.4 Å². The highest BCUT2D eigenvalue weighted by molar-refractivity contribution is 6.30. The molecule has 1 nitrogen and oxygen atoms in total. The number of halogens is 1. The molecule has 1 aliphatic heterocycles. The van der Waals surface area contributed by atoms with Crippen LogP contribution in [-0.4, -0.2) is 0 Å². The average Bonchev–Trinajstić information content (AvgIpc) is 3.45. The van der Waals surface area contributed by atoms with Crippen LogP contribution in [0.1, 0.15) is 45.8 Å². The molecule has 1 fully saturated rings. The summed E-state index contributed by atoms with van der Waals surface area (Å²) >= 11 is 6.39. The maximum absolute atomic E-state index is 6.39. The van der Waals surface area contributed by atoms with Crippen LogP contribution in [-0.2, 0) is 5.41 Å². The zero-order valence-electron chi connectivity index (χ0n) is 19.8. The van der Waals surface area contributed by atoms with Gasteiger partial charge in [-0.05, 0) is 51.1 Å². The molecule has 0 radical (unpaired) electrons. The van der Waals surface area contributed by atoms with Gasteiger partial charge in [0.2, 0.25) is 0 Å². The molecule has 1 spiro atoms.